The molecular formula is C11H23ClN2O2S. The maximum absolute atomic E-state index is 12.1. The van der Waals surface area contributed by atoms with E-state index in [1.807, 2.05) is 0 Å². The molecule has 1 heterocycles. The van der Waals surface area contributed by atoms with Gasteiger partial charge in [0.2, 0.25) is 10.0 Å². The van der Waals surface area contributed by atoms with Crippen LogP contribution in [0, 0.1) is 5.92 Å². The molecule has 6 heteroatoms. The fraction of sp³-hybridized carbons (Fsp3) is 1.00. The largest absolute Gasteiger partial charge is 0.315 e. The Morgan fingerprint density at radius 1 is 1.29 bits per heavy atom. The molecule has 1 atom stereocenters. The number of sulfonamides is 1. The topological polar surface area (TPSA) is 49.4 Å². The Morgan fingerprint density at radius 2 is 2.00 bits per heavy atom. The SMILES string of the molecule is CN(C1CCNC1)S(=O)(=O)CCC1CCC1.Cl. The highest BCUT2D eigenvalue weighted by Gasteiger charge is 2.29. The van der Waals surface area contributed by atoms with Crippen molar-refractivity contribution in [2.75, 3.05) is 25.9 Å². The smallest absolute Gasteiger partial charge is 0.214 e. The predicted molar refractivity (Wildman–Crippen MR) is 72.0 cm³/mol. The van der Waals surface area contributed by atoms with Gasteiger partial charge in [0.25, 0.3) is 0 Å². The summed E-state index contributed by atoms with van der Waals surface area (Å²) in [4.78, 5) is 0. The monoisotopic (exact) mass is 282 g/mol. The molecule has 1 aliphatic heterocycles. The third kappa shape index (κ3) is 3.81. The first kappa shape index (κ1) is 15.2. The van der Waals surface area contributed by atoms with Gasteiger partial charge in [-0.15, -0.1) is 12.4 Å². The first-order valence-electron chi connectivity index (χ1n) is 6.26. The van der Waals surface area contributed by atoms with Gasteiger partial charge in [0, 0.05) is 19.6 Å². The van der Waals surface area contributed by atoms with E-state index < -0.39 is 10.0 Å². The van der Waals surface area contributed by atoms with Crippen LogP contribution >= 0.6 is 12.4 Å². The van der Waals surface area contributed by atoms with E-state index in [2.05, 4.69) is 5.32 Å². The van der Waals surface area contributed by atoms with Gasteiger partial charge in [-0.1, -0.05) is 19.3 Å². The molecule has 0 aromatic heterocycles. The van der Waals surface area contributed by atoms with E-state index in [0.717, 1.165) is 25.9 Å². The standard InChI is InChI=1S/C11H22N2O2S.ClH/c1-13(11-5-7-12-9-11)16(14,15)8-6-10-3-2-4-10;/h10-12H,2-9H2,1H3;1H. The van der Waals surface area contributed by atoms with Crippen LogP contribution in [-0.2, 0) is 10.0 Å². The van der Waals surface area contributed by atoms with E-state index in [1.165, 1.54) is 19.3 Å². The summed E-state index contributed by atoms with van der Waals surface area (Å²) < 4.78 is 25.7. The summed E-state index contributed by atoms with van der Waals surface area (Å²) in [6, 6.07) is 0.173. The zero-order valence-corrected chi connectivity index (χ0v) is 12.0. The fourth-order valence-electron chi connectivity index (χ4n) is 2.42. The van der Waals surface area contributed by atoms with E-state index in [1.54, 1.807) is 11.4 Å². The van der Waals surface area contributed by atoms with Crippen LogP contribution in [0.5, 0.6) is 0 Å². The Kier molecular flexibility index (Phi) is 5.70. The van der Waals surface area contributed by atoms with Crippen LogP contribution in [0.15, 0.2) is 0 Å². The summed E-state index contributed by atoms with van der Waals surface area (Å²) >= 11 is 0. The molecule has 2 rings (SSSR count). The van der Waals surface area contributed by atoms with Crippen LogP contribution < -0.4 is 5.32 Å². The lowest BCUT2D eigenvalue weighted by Crippen LogP contribution is -2.40. The first-order valence-corrected chi connectivity index (χ1v) is 7.87. The van der Waals surface area contributed by atoms with Crippen molar-refractivity contribution in [3.63, 3.8) is 0 Å². The van der Waals surface area contributed by atoms with Crippen LogP contribution in [0.3, 0.4) is 0 Å². The minimum absolute atomic E-state index is 0. The van der Waals surface area contributed by atoms with Gasteiger partial charge >= 0.3 is 0 Å². The highest BCUT2D eigenvalue weighted by Crippen LogP contribution is 2.30. The summed E-state index contributed by atoms with van der Waals surface area (Å²) in [6.45, 7) is 1.74. The minimum Gasteiger partial charge on any atom is -0.315 e. The highest BCUT2D eigenvalue weighted by molar-refractivity contribution is 7.89. The van der Waals surface area contributed by atoms with Crippen molar-refractivity contribution >= 4 is 22.4 Å². The molecule has 17 heavy (non-hydrogen) atoms. The highest BCUT2D eigenvalue weighted by atomic mass is 35.5. The molecular weight excluding hydrogens is 260 g/mol. The molecule has 102 valence electrons. The second kappa shape index (κ2) is 6.36. The molecule has 1 saturated carbocycles. The molecule has 4 nitrogen and oxygen atoms in total. The molecule has 0 aromatic carbocycles. The number of nitrogens with one attached hydrogen (secondary N) is 1. The molecule has 1 aliphatic carbocycles. The van der Waals surface area contributed by atoms with Gasteiger partial charge in [-0.25, -0.2) is 12.7 Å². The molecule has 0 spiro atoms. The lowest BCUT2D eigenvalue weighted by Gasteiger charge is -2.27. The summed E-state index contributed by atoms with van der Waals surface area (Å²) in [5.74, 6) is 1.01. The van der Waals surface area contributed by atoms with Crippen molar-refractivity contribution < 1.29 is 8.42 Å². The molecule has 0 amide bonds. The molecule has 1 unspecified atom stereocenters. The Balaban J connectivity index is 0.00000144. The first-order chi connectivity index (χ1) is 7.59. The molecule has 0 bridgehead atoms. The molecule has 1 saturated heterocycles. The normalized spacial score (nSPS) is 25.6. The summed E-state index contributed by atoms with van der Waals surface area (Å²) in [5.41, 5.74) is 0. The van der Waals surface area contributed by atoms with Crippen LogP contribution in [0.2, 0.25) is 0 Å². The van der Waals surface area contributed by atoms with Crippen molar-refractivity contribution in [2.45, 2.75) is 38.1 Å². The summed E-state index contributed by atoms with van der Waals surface area (Å²) in [6.07, 6.45) is 5.54. The predicted octanol–water partition coefficient (Wildman–Crippen LogP) is 1.22. The van der Waals surface area contributed by atoms with Crippen molar-refractivity contribution in [3.8, 4) is 0 Å². The second-order valence-electron chi connectivity index (χ2n) is 5.06. The van der Waals surface area contributed by atoms with E-state index in [-0.39, 0.29) is 18.4 Å². The molecule has 0 radical (unpaired) electrons. The zero-order valence-electron chi connectivity index (χ0n) is 10.4. The third-order valence-electron chi connectivity index (χ3n) is 4.00. The van der Waals surface area contributed by atoms with Crippen molar-refractivity contribution in [1.82, 2.24) is 9.62 Å². The lowest BCUT2D eigenvalue weighted by atomic mass is 9.84. The number of hydrogen-bond donors (Lipinski definition) is 1. The van der Waals surface area contributed by atoms with Crippen LogP contribution in [0.4, 0.5) is 0 Å². The summed E-state index contributed by atoms with van der Waals surface area (Å²) in [7, 11) is -1.29. The van der Waals surface area contributed by atoms with Gasteiger partial charge in [-0.3, -0.25) is 0 Å². The fourth-order valence-corrected chi connectivity index (χ4v) is 3.97. The Hall–Kier alpha value is 0.160. The van der Waals surface area contributed by atoms with Crippen LogP contribution in [-0.4, -0.2) is 44.7 Å². The molecule has 0 aromatic rings. The maximum atomic E-state index is 12.1. The molecule has 2 aliphatic rings. The van der Waals surface area contributed by atoms with E-state index in [4.69, 9.17) is 0 Å². The van der Waals surface area contributed by atoms with Gasteiger partial charge in [-0.2, -0.15) is 0 Å². The van der Waals surface area contributed by atoms with Gasteiger partial charge in [0.1, 0.15) is 0 Å². The average molecular weight is 283 g/mol. The second-order valence-corrected chi connectivity index (χ2v) is 7.21. The van der Waals surface area contributed by atoms with E-state index in [9.17, 15) is 8.42 Å². The molecule has 1 N–H and O–H groups in total. The Bertz CT molecular complexity index is 324. The Labute approximate surface area is 111 Å². The van der Waals surface area contributed by atoms with Gasteiger partial charge < -0.3 is 5.32 Å². The number of likely N-dealkylation sites (N-methyl/N-ethyl adjacent to an activating group) is 1. The lowest BCUT2D eigenvalue weighted by molar-refractivity contribution is 0.304. The zero-order chi connectivity index (χ0) is 11.6. The van der Waals surface area contributed by atoms with Crippen molar-refractivity contribution in [3.05, 3.63) is 0 Å². The van der Waals surface area contributed by atoms with E-state index in [0.29, 0.717) is 11.7 Å². The van der Waals surface area contributed by atoms with Crippen LogP contribution in [0.1, 0.15) is 32.1 Å². The minimum atomic E-state index is -3.02. The quantitative estimate of drug-likeness (QED) is 0.825. The number of nitrogens with zero attached hydrogens (tertiary/aromatic N) is 1. The van der Waals surface area contributed by atoms with Crippen molar-refractivity contribution in [2.24, 2.45) is 5.92 Å². The maximum Gasteiger partial charge on any atom is 0.214 e. The van der Waals surface area contributed by atoms with Gasteiger partial charge in [0.15, 0.2) is 0 Å². The van der Waals surface area contributed by atoms with Gasteiger partial charge in [0.05, 0.1) is 5.75 Å². The number of hydrogen-bond acceptors (Lipinski definition) is 3. The van der Waals surface area contributed by atoms with Crippen molar-refractivity contribution in [1.29, 1.82) is 0 Å². The summed E-state index contributed by atoms with van der Waals surface area (Å²) in [5, 5.41) is 3.21. The molecule has 2 fully saturated rings. The Morgan fingerprint density at radius 3 is 2.47 bits per heavy atom. The van der Waals surface area contributed by atoms with Crippen LogP contribution in [0.25, 0.3) is 0 Å². The third-order valence-corrected chi connectivity index (χ3v) is 5.92. The average Bonchev–Trinajstić information content (AvgIpc) is 2.66. The number of halogens is 1. The van der Waals surface area contributed by atoms with E-state index >= 15 is 0 Å². The number of rotatable bonds is 5. The van der Waals surface area contributed by atoms with Gasteiger partial charge in [-0.05, 0) is 25.3 Å².